The van der Waals surface area contributed by atoms with Crippen LogP contribution in [0.25, 0.3) is 0 Å². The van der Waals surface area contributed by atoms with Crippen molar-refractivity contribution in [3.05, 3.63) is 52.2 Å². The van der Waals surface area contributed by atoms with E-state index in [1.165, 1.54) is 9.87 Å². The van der Waals surface area contributed by atoms with Crippen molar-refractivity contribution in [2.75, 3.05) is 36.7 Å². The van der Waals surface area contributed by atoms with E-state index in [0.717, 1.165) is 24.2 Å². The molecule has 0 saturated carbocycles. The number of thiophene rings is 1. The Hall–Kier alpha value is -1.33. The average molecular weight is 534 g/mol. The number of nitrogens with one attached hydrogen (secondary N) is 2. The number of nitrogens with zero attached hydrogens (tertiary/aromatic N) is 2. The third kappa shape index (κ3) is 5.60. The Kier molecular flexibility index (Phi) is 8.56. The number of guanidine groups is 1. The van der Waals surface area contributed by atoms with Crippen LogP contribution in [0.15, 0.2) is 46.1 Å². The first kappa shape index (κ1) is 23.0. The summed E-state index contributed by atoms with van der Waals surface area (Å²) in [7, 11) is -1.66. The molecule has 1 atom stereocenters. The van der Waals surface area contributed by atoms with Gasteiger partial charge in [-0.05, 0) is 46.4 Å². The van der Waals surface area contributed by atoms with Crippen LogP contribution < -0.4 is 14.9 Å². The van der Waals surface area contributed by atoms with Crippen LogP contribution >= 0.6 is 35.3 Å². The second-order valence-corrected chi connectivity index (χ2v) is 9.40. The summed E-state index contributed by atoms with van der Waals surface area (Å²) in [5, 5.41) is 10.6. The molecule has 1 aromatic carbocycles. The molecule has 28 heavy (non-hydrogen) atoms. The van der Waals surface area contributed by atoms with Gasteiger partial charge in [-0.3, -0.25) is 9.30 Å². The Labute approximate surface area is 188 Å². The van der Waals surface area contributed by atoms with Gasteiger partial charge >= 0.3 is 0 Å². The molecule has 1 aliphatic heterocycles. The zero-order chi connectivity index (χ0) is 19.3. The predicted octanol–water partition coefficient (Wildman–Crippen LogP) is 3.03. The smallest absolute Gasteiger partial charge is 0.236 e. The van der Waals surface area contributed by atoms with Crippen molar-refractivity contribution in [1.82, 2.24) is 10.6 Å². The molecule has 0 amide bonds. The van der Waals surface area contributed by atoms with Crippen molar-refractivity contribution in [3.63, 3.8) is 0 Å². The Morgan fingerprint density at radius 2 is 2.07 bits per heavy atom. The maximum atomic E-state index is 12.7. The van der Waals surface area contributed by atoms with E-state index in [4.69, 9.17) is 0 Å². The molecular formula is C19H27IN4O2S2. The van der Waals surface area contributed by atoms with Gasteiger partial charge in [0.15, 0.2) is 5.96 Å². The molecule has 2 heterocycles. The fourth-order valence-corrected chi connectivity index (χ4v) is 5.36. The van der Waals surface area contributed by atoms with E-state index < -0.39 is 10.0 Å². The van der Waals surface area contributed by atoms with Gasteiger partial charge in [-0.25, -0.2) is 8.42 Å². The molecule has 0 fully saturated rings. The highest BCUT2D eigenvalue weighted by Crippen LogP contribution is 2.29. The normalized spacial score (nSPS) is 14.9. The van der Waals surface area contributed by atoms with Gasteiger partial charge in [0.1, 0.15) is 0 Å². The third-order valence-electron chi connectivity index (χ3n) is 4.74. The van der Waals surface area contributed by atoms with Crippen molar-refractivity contribution >= 4 is 57.0 Å². The first-order chi connectivity index (χ1) is 13.0. The number of fused-ring (bicyclic) bond motifs is 1. The Bertz CT molecular complexity index is 885. The van der Waals surface area contributed by atoms with Crippen LogP contribution in [-0.2, 0) is 16.4 Å². The summed E-state index contributed by atoms with van der Waals surface area (Å²) in [6.45, 7) is 3.72. The zero-order valence-corrected chi connectivity index (χ0v) is 20.1. The molecule has 154 valence electrons. The number of benzene rings is 1. The maximum Gasteiger partial charge on any atom is 0.236 e. The standard InChI is InChI=1S/C19H26N4O2S2.HI/c1-15(17-8-11-26-14-17)13-22-19(20-2)21-9-12-27(24,25)23-10-7-16-5-3-4-6-18(16)23;/h3-6,8,11,14-15H,7,9-10,12-13H2,1-2H3,(H2,20,21,22);1H. The number of sulfonamides is 1. The second kappa shape index (κ2) is 10.4. The number of para-hydroxylation sites is 1. The molecule has 0 spiro atoms. The van der Waals surface area contributed by atoms with E-state index in [1.54, 1.807) is 18.4 Å². The van der Waals surface area contributed by atoms with Gasteiger partial charge < -0.3 is 10.6 Å². The number of halogens is 1. The van der Waals surface area contributed by atoms with Crippen molar-refractivity contribution in [2.24, 2.45) is 4.99 Å². The predicted molar refractivity (Wildman–Crippen MR) is 129 cm³/mol. The fourth-order valence-electron chi connectivity index (χ4n) is 3.15. The van der Waals surface area contributed by atoms with Gasteiger partial charge in [-0.2, -0.15) is 11.3 Å². The summed E-state index contributed by atoms with van der Waals surface area (Å²) in [6.07, 6.45) is 0.770. The lowest BCUT2D eigenvalue weighted by Crippen LogP contribution is -2.42. The first-order valence-corrected chi connectivity index (χ1v) is 11.6. The highest BCUT2D eigenvalue weighted by molar-refractivity contribution is 14.0. The van der Waals surface area contributed by atoms with Crippen LogP contribution in [0.4, 0.5) is 5.69 Å². The molecule has 2 N–H and O–H groups in total. The van der Waals surface area contributed by atoms with E-state index in [-0.39, 0.29) is 29.7 Å². The van der Waals surface area contributed by atoms with Gasteiger partial charge in [-0.15, -0.1) is 24.0 Å². The van der Waals surface area contributed by atoms with Gasteiger partial charge in [-0.1, -0.05) is 25.1 Å². The van der Waals surface area contributed by atoms with Crippen LogP contribution in [0.5, 0.6) is 0 Å². The quantitative estimate of drug-likeness (QED) is 0.326. The number of hydrogen-bond acceptors (Lipinski definition) is 4. The summed E-state index contributed by atoms with van der Waals surface area (Å²) in [6, 6.07) is 9.81. The van der Waals surface area contributed by atoms with Gasteiger partial charge in [0, 0.05) is 26.7 Å². The molecule has 0 saturated heterocycles. The van der Waals surface area contributed by atoms with Crippen molar-refractivity contribution < 1.29 is 8.42 Å². The van der Waals surface area contributed by atoms with Crippen molar-refractivity contribution in [1.29, 1.82) is 0 Å². The lowest BCUT2D eigenvalue weighted by atomic mass is 10.1. The number of anilines is 1. The van der Waals surface area contributed by atoms with Crippen LogP contribution in [0, 0.1) is 0 Å². The van der Waals surface area contributed by atoms with Crippen LogP contribution in [0.1, 0.15) is 24.0 Å². The Morgan fingerprint density at radius 3 is 2.79 bits per heavy atom. The Balaban J connectivity index is 0.00000280. The Morgan fingerprint density at radius 1 is 1.29 bits per heavy atom. The van der Waals surface area contributed by atoms with Crippen LogP contribution in [0.3, 0.4) is 0 Å². The minimum atomic E-state index is -3.35. The maximum absolute atomic E-state index is 12.7. The minimum Gasteiger partial charge on any atom is -0.356 e. The molecule has 3 rings (SSSR count). The lowest BCUT2D eigenvalue weighted by molar-refractivity contribution is 0.590. The highest BCUT2D eigenvalue weighted by atomic mass is 127. The molecule has 0 radical (unpaired) electrons. The van der Waals surface area contributed by atoms with Crippen LogP contribution in [0.2, 0.25) is 0 Å². The summed E-state index contributed by atoms with van der Waals surface area (Å²) in [5.41, 5.74) is 3.19. The number of hydrogen-bond donors (Lipinski definition) is 2. The van der Waals surface area contributed by atoms with E-state index in [9.17, 15) is 8.42 Å². The van der Waals surface area contributed by atoms with Gasteiger partial charge in [0.25, 0.3) is 0 Å². The molecule has 9 heteroatoms. The molecule has 2 aromatic rings. The van der Waals surface area contributed by atoms with E-state index in [1.807, 2.05) is 24.3 Å². The summed E-state index contributed by atoms with van der Waals surface area (Å²) >= 11 is 1.69. The van der Waals surface area contributed by atoms with Gasteiger partial charge in [0.05, 0.1) is 11.4 Å². The molecule has 1 aromatic heterocycles. The van der Waals surface area contributed by atoms with E-state index >= 15 is 0 Å². The minimum absolute atomic E-state index is 0. The second-order valence-electron chi connectivity index (χ2n) is 6.60. The molecule has 1 unspecified atom stereocenters. The van der Waals surface area contributed by atoms with Crippen LogP contribution in [-0.4, -0.2) is 46.8 Å². The average Bonchev–Trinajstić information content (AvgIpc) is 3.34. The number of aliphatic imine (C=N–C) groups is 1. The zero-order valence-electron chi connectivity index (χ0n) is 16.1. The lowest BCUT2D eigenvalue weighted by Gasteiger charge is -2.20. The third-order valence-corrected chi connectivity index (χ3v) is 7.22. The van der Waals surface area contributed by atoms with Gasteiger partial charge in [0.2, 0.25) is 10.0 Å². The van der Waals surface area contributed by atoms with E-state index in [2.05, 4.69) is 39.4 Å². The molecule has 6 nitrogen and oxygen atoms in total. The number of rotatable bonds is 7. The monoisotopic (exact) mass is 534 g/mol. The molecule has 0 bridgehead atoms. The summed E-state index contributed by atoms with van der Waals surface area (Å²) in [5.74, 6) is 1.01. The highest BCUT2D eigenvalue weighted by Gasteiger charge is 2.28. The van der Waals surface area contributed by atoms with E-state index in [0.29, 0.717) is 25.0 Å². The SMILES string of the molecule is CN=C(NCCS(=O)(=O)N1CCc2ccccc21)NCC(C)c1ccsc1.I. The molecule has 1 aliphatic rings. The fraction of sp³-hybridized carbons (Fsp3) is 0.421. The molecule has 0 aliphatic carbocycles. The van der Waals surface area contributed by atoms with Crippen molar-refractivity contribution in [2.45, 2.75) is 19.3 Å². The summed E-state index contributed by atoms with van der Waals surface area (Å²) in [4.78, 5) is 4.18. The topological polar surface area (TPSA) is 73.8 Å². The summed E-state index contributed by atoms with van der Waals surface area (Å²) < 4.78 is 27.0. The van der Waals surface area contributed by atoms with Crippen molar-refractivity contribution in [3.8, 4) is 0 Å². The molecular weight excluding hydrogens is 507 g/mol. The largest absolute Gasteiger partial charge is 0.356 e. The first-order valence-electron chi connectivity index (χ1n) is 9.06.